The Bertz CT molecular complexity index is 179. The molecule has 0 aromatic carbocycles. The molecule has 0 amide bonds. The van der Waals surface area contributed by atoms with Gasteiger partial charge in [0, 0.05) is 12.6 Å². The third kappa shape index (κ3) is 2.42. The zero-order chi connectivity index (χ0) is 9.73. The highest BCUT2D eigenvalue weighted by Crippen LogP contribution is 2.36. The second kappa shape index (κ2) is 4.58. The van der Waals surface area contributed by atoms with E-state index >= 15 is 0 Å². The Balaban J connectivity index is 2.58. The SMILES string of the molecule is C=CCC1(CC=C)CN[C@@H](CO)C1. The summed E-state index contributed by atoms with van der Waals surface area (Å²) in [7, 11) is 0. The van der Waals surface area contributed by atoms with Crippen LogP contribution in [0, 0.1) is 5.41 Å². The first-order valence-corrected chi connectivity index (χ1v) is 4.82. The molecular weight excluding hydrogens is 162 g/mol. The van der Waals surface area contributed by atoms with Gasteiger partial charge in [0.2, 0.25) is 0 Å². The molecule has 2 heteroatoms. The van der Waals surface area contributed by atoms with E-state index in [2.05, 4.69) is 18.5 Å². The molecule has 74 valence electrons. The van der Waals surface area contributed by atoms with Gasteiger partial charge in [-0.05, 0) is 24.7 Å². The molecule has 0 bridgehead atoms. The van der Waals surface area contributed by atoms with Crippen molar-refractivity contribution in [2.75, 3.05) is 13.2 Å². The molecule has 0 aromatic rings. The van der Waals surface area contributed by atoms with Gasteiger partial charge in [-0.2, -0.15) is 0 Å². The van der Waals surface area contributed by atoms with Crippen molar-refractivity contribution < 1.29 is 5.11 Å². The summed E-state index contributed by atoms with van der Waals surface area (Å²) in [6, 6.07) is 0.264. The van der Waals surface area contributed by atoms with Crippen molar-refractivity contribution in [3.8, 4) is 0 Å². The van der Waals surface area contributed by atoms with E-state index in [1.165, 1.54) is 0 Å². The van der Waals surface area contributed by atoms with Crippen LogP contribution in [0.3, 0.4) is 0 Å². The molecule has 0 aromatic heterocycles. The lowest BCUT2D eigenvalue weighted by Crippen LogP contribution is -2.25. The average Bonchev–Trinajstić information content (AvgIpc) is 2.50. The Morgan fingerprint density at radius 1 is 1.38 bits per heavy atom. The maximum absolute atomic E-state index is 9.02. The zero-order valence-corrected chi connectivity index (χ0v) is 8.13. The molecule has 0 radical (unpaired) electrons. The topological polar surface area (TPSA) is 32.3 Å². The summed E-state index contributed by atoms with van der Waals surface area (Å²) < 4.78 is 0. The normalized spacial score (nSPS) is 25.8. The van der Waals surface area contributed by atoms with Crippen molar-refractivity contribution >= 4 is 0 Å². The van der Waals surface area contributed by atoms with Gasteiger partial charge in [-0.25, -0.2) is 0 Å². The molecule has 1 rings (SSSR count). The fourth-order valence-corrected chi connectivity index (χ4v) is 2.16. The molecule has 13 heavy (non-hydrogen) atoms. The Labute approximate surface area is 80.3 Å². The van der Waals surface area contributed by atoms with Crippen LogP contribution in [-0.2, 0) is 0 Å². The summed E-state index contributed by atoms with van der Waals surface area (Å²) in [6.07, 6.45) is 6.96. The summed E-state index contributed by atoms with van der Waals surface area (Å²) in [5.74, 6) is 0. The van der Waals surface area contributed by atoms with Gasteiger partial charge in [-0.3, -0.25) is 0 Å². The highest BCUT2D eigenvalue weighted by Gasteiger charge is 2.36. The number of allylic oxidation sites excluding steroid dienone is 2. The van der Waals surface area contributed by atoms with Gasteiger partial charge >= 0.3 is 0 Å². The summed E-state index contributed by atoms with van der Waals surface area (Å²) in [5, 5.41) is 12.3. The molecule has 1 saturated heterocycles. The van der Waals surface area contributed by atoms with Crippen LogP contribution in [0.25, 0.3) is 0 Å². The molecule has 2 N–H and O–H groups in total. The first-order chi connectivity index (χ1) is 6.26. The lowest BCUT2D eigenvalue weighted by Gasteiger charge is -2.25. The summed E-state index contributed by atoms with van der Waals surface area (Å²) in [5.41, 5.74) is 0.261. The molecular formula is C11H19NO. The van der Waals surface area contributed by atoms with Crippen LogP contribution in [0.1, 0.15) is 19.3 Å². The smallest absolute Gasteiger partial charge is 0.0584 e. The number of rotatable bonds is 5. The highest BCUT2D eigenvalue weighted by molar-refractivity contribution is 5.00. The second-order valence-electron chi connectivity index (χ2n) is 3.95. The zero-order valence-electron chi connectivity index (χ0n) is 8.13. The number of nitrogens with one attached hydrogen (secondary N) is 1. The van der Waals surface area contributed by atoms with E-state index in [0.29, 0.717) is 0 Å². The van der Waals surface area contributed by atoms with Gasteiger partial charge in [0.05, 0.1) is 6.61 Å². The minimum absolute atomic E-state index is 0.232. The largest absolute Gasteiger partial charge is 0.395 e. The van der Waals surface area contributed by atoms with Gasteiger partial charge in [0.25, 0.3) is 0 Å². The van der Waals surface area contributed by atoms with Crippen molar-refractivity contribution in [3.63, 3.8) is 0 Å². The van der Waals surface area contributed by atoms with Crippen LogP contribution < -0.4 is 5.32 Å². The van der Waals surface area contributed by atoms with Gasteiger partial charge < -0.3 is 10.4 Å². The maximum atomic E-state index is 9.02. The number of hydrogen-bond acceptors (Lipinski definition) is 2. The monoisotopic (exact) mass is 181 g/mol. The van der Waals surface area contributed by atoms with Crippen LogP contribution in [0.15, 0.2) is 25.3 Å². The van der Waals surface area contributed by atoms with E-state index < -0.39 is 0 Å². The van der Waals surface area contributed by atoms with Crippen LogP contribution >= 0.6 is 0 Å². The number of hydrogen-bond donors (Lipinski definition) is 2. The van der Waals surface area contributed by atoms with Gasteiger partial charge in [0.1, 0.15) is 0 Å². The molecule has 0 saturated carbocycles. The van der Waals surface area contributed by atoms with Crippen molar-refractivity contribution in [3.05, 3.63) is 25.3 Å². The summed E-state index contributed by atoms with van der Waals surface area (Å²) in [4.78, 5) is 0. The third-order valence-electron chi connectivity index (χ3n) is 2.82. The van der Waals surface area contributed by atoms with Crippen molar-refractivity contribution in [2.24, 2.45) is 5.41 Å². The van der Waals surface area contributed by atoms with Crippen LogP contribution in [0.5, 0.6) is 0 Å². The molecule has 1 fully saturated rings. The van der Waals surface area contributed by atoms with Crippen molar-refractivity contribution in [2.45, 2.75) is 25.3 Å². The fraction of sp³-hybridized carbons (Fsp3) is 0.636. The number of aliphatic hydroxyl groups is 1. The third-order valence-corrected chi connectivity index (χ3v) is 2.82. The summed E-state index contributed by atoms with van der Waals surface area (Å²) >= 11 is 0. The quantitative estimate of drug-likeness (QED) is 0.630. The van der Waals surface area contributed by atoms with E-state index in [1.807, 2.05) is 12.2 Å². The van der Waals surface area contributed by atoms with E-state index in [1.54, 1.807) is 0 Å². The van der Waals surface area contributed by atoms with Crippen LogP contribution in [0.2, 0.25) is 0 Å². The Morgan fingerprint density at radius 3 is 2.38 bits per heavy atom. The molecule has 1 aliphatic rings. The predicted molar refractivity (Wildman–Crippen MR) is 55.6 cm³/mol. The predicted octanol–water partition coefficient (Wildman–Crippen LogP) is 1.48. The number of aliphatic hydroxyl groups excluding tert-OH is 1. The maximum Gasteiger partial charge on any atom is 0.0584 e. The first-order valence-electron chi connectivity index (χ1n) is 4.82. The molecule has 1 aliphatic heterocycles. The van der Waals surface area contributed by atoms with Gasteiger partial charge in [-0.1, -0.05) is 12.2 Å². The first kappa shape index (κ1) is 10.5. The lowest BCUT2D eigenvalue weighted by molar-refractivity contribution is 0.240. The minimum Gasteiger partial charge on any atom is -0.395 e. The summed E-state index contributed by atoms with van der Waals surface area (Å²) in [6.45, 7) is 8.76. The molecule has 0 spiro atoms. The van der Waals surface area contributed by atoms with E-state index in [4.69, 9.17) is 5.11 Å². The Hall–Kier alpha value is -0.600. The molecule has 1 heterocycles. The van der Waals surface area contributed by atoms with E-state index in [9.17, 15) is 0 Å². The van der Waals surface area contributed by atoms with Crippen LogP contribution in [0.4, 0.5) is 0 Å². The standard InChI is InChI=1S/C11H19NO/c1-3-5-11(6-4-2)7-10(8-13)12-9-11/h3-4,10,12-13H,1-2,5-9H2/t10-/m1/s1. The second-order valence-corrected chi connectivity index (χ2v) is 3.95. The Morgan fingerprint density at radius 2 is 2.00 bits per heavy atom. The lowest BCUT2D eigenvalue weighted by atomic mass is 9.79. The molecule has 1 atom stereocenters. The molecule has 0 aliphatic carbocycles. The fourth-order valence-electron chi connectivity index (χ4n) is 2.16. The van der Waals surface area contributed by atoms with Gasteiger partial charge in [-0.15, -0.1) is 13.2 Å². The highest BCUT2D eigenvalue weighted by atomic mass is 16.3. The van der Waals surface area contributed by atoms with Crippen LogP contribution in [-0.4, -0.2) is 24.3 Å². The van der Waals surface area contributed by atoms with E-state index in [-0.39, 0.29) is 18.1 Å². The van der Waals surface area contributed by atoms with Crippen molar-refractivity contribution in [1.82, 2.24) is 5.32 Å². The van der Waals surface area contributed by atoms with E-state index in [0.717, 1.165) is 25.8 Å². The van der Waals surface area contributed by atoms with Gasteiger partial charge in [0.15, 0.2) is 0 Å². The minimum atomic E-state index is 0.232. The Kier molecular flexibility index (Phi) is 3.70. The van der Waals surface area contributed by atoms with Crippen molar-refractivity contribution in [1.29, 1.82) is 0 Å². The average molecular weight is 181 g/mol. The molecule has 0 unspecified atom stereocenters. The molecule has 2 nitrogen and oxygen atoms in total.